The van der Waals surface area contributed by atoms with Gasteiger partial charge in [-0.25, -0.2) is 0 Å². The number of benzene rings is 2. The third-order valence-electron chi connectivity index (χ3n) is 3.42. The van der Waals surface area contributed by atoms with Gasteiger partial charge in [0.2, 0.25) is 0 Å². The number of aromatic nitrogens is 2. The van der Waals surface area contributed by atoms with Gasteiger partial charge in [-0.2, -0.15) is 5.10 Å². The van der Waals surface area contributed by atoms with Crippen LogP contribution in [0.25, 0.3) is 17.3 Å². The molecule has 3 heteroatoms. The molecule has 0 saturated carbocycles. The Kier molecular flexibility index (Phi) is 3.97. The largest absolute Gasteiger partial charge is 0.289 e. The molecule has 3 aromatic rings. The molecule has 0 radical (unpaired) electrons. The fourth-order valence-electron chi connectivity index (χ4n) is 2.16. The summed E-state index contributed by atoms with van der Waals surface area (Å²) < 4.78 is 0. The monoisotopic (exact) mass is 288 g/mol. The number of carbonyl (C=O) groups is 1. The average molecular weight is 288 g/mol. The quantitative estimate of drug-likeness (QED) is 0.575. The summed E-state index contributed by atoms with van der Waals surface area (Å²) in [5, 5.41) is 7.19. The van der Waals surface area contributed by atoms with Crippen LogP contribution in [0.1, 0.15) is 21.6 Å². The summed E-state index contributed by atoms with van der Waals surface area (Å²) in [6.07, 6.45) is 3.31. The molecule has 0 aliphatic heterocycles. The van der Waals surface area contributed by atoms with Crippen LogP contribution in [0.15, 0.2) is 66.7 Å². The Morgan fingerprint density at radius 1 is 1.05 bits per heavy atom. The van der Waals surface area contributed by atoms with Crippen LogP contribution in [0, 0.1) is 6.92 Å². The van der Waals surface area contributed by atoms with Gasteiger partial charge in [0, 0.05) is 11.1 Å². The van der Waals surface area contributed by atoms with Gasteiger partial charge in [-0.3, -0.25) is 9.89 Å². The zero-order valence-electron chi connectivity index (χ0n) is 12.3. The zero-order chi connectivity index (χ0) is 15.4. The zero-order valence-corrected chi connectivity index (χ0v) is 12.3. The van der Waals surface area contributed by atoms with Crippen LogP contribution in [-0.4, -0.2) is 16.0 Å². The van der Waals surface area contributed by atoms with E-state index in [4.69, 9.17) is 0 Å². The van der Waals surface area contributed by atoms with Crippen molar-refractivity contribution in [1.29, 1.82) is 0 Å². The minimum atomic E-state index is -0.0177. The number of allylic oxidation sites excluding steroid dienone is 1. The van der Waals surface area contributed by atoms with Gasteiger partial charge in [-0.05, 0) is 25.1 Å². The van der Waals surface area contributed by atoms with Crippen molar-refractivity contribution in [3.05, 3.63) is 83.6 Å². The molecule has 108 valence electrons. The first-order valence-corrected chi connectivity index (χ1v) is 7.12. The Hall–Kier alpha value is -2.94. The number of aryl methyl sites for hydroxylation is 1. The van der Waals surface area contributed by atoms with Crippen LogP contribution >= 0.6 is 0 Å². The SMILES string of the molecule is Cc1ccc(C(=O)C=Cc2cc(-c3ccccc3)n[nH]2)cc1. The maximum atomic E-state index is 12.1. The van der Waals surface area contributed by atoms with Gasteiger partial charge in [0.1, 0.15) is 0 Å². The molecule has 0 aliphatic rings. The lowest BCUT2D eigenvalue weighted by molar-refractivity contribution is 0.104. The van der Waals surface area contributed by atoms with Gasteiger partial charge in [-0.15, -0.1) is 0 Å². The molecule has 0 fully saturated rings. The lowest BCUT2D eigenvalue weighted by atomic mass is 10.1. The summed E-state index contributed by atoms with van der Waals surface area (Å²) in [5.41, 5.74) is 4.54. The van der Waals surface area contributed by atoms with Crippen LogP contribution in [0.2, 0.25) is 0 Å². The minimum absolute atomic E-state index is 0.0177. The molecule has 0 spiro atoms. The van der Waals surface area contributed by atoms with E-state index in [9.17, 15) is 4.79 Å². The number of hydrogen-bond donors (Lipinski definition) is 1. The molecule has 1 aromatic heterocycles. The number of nitrogens with one attached hydrogen (secondary N) is 1. The molecule has 0 aliphatic carbocycles. The molecule has 0 bridgehead atoms. The predicted octanol–water partition coefficient (Wildman–Crippen LogP) is 4.28. The smallest absolute Gasteiger partial charge is 0.185 e. The first kappa shape index (κ1) is 14.0. The topological polar surface area (TPSA) is 45.8 Å². The number of hydrogen-bond acceptors (Lipinski definition) is 2. The fraction of sp³-hybridized carbons (Fsp3) is 0.0526. The van der Waals surface area contributed by atoms with Crippen molar-refractivity contribution in [2.75, 3.05) is 0 Å². The van der Waals surface area contributed by atoms with Crippen molar-refractivity contribution in [2.45, 2.75) is 6.92 Å². The van der Waals surface area contributed by atoms with Gasteiger partial charge >= 0.3 is 0 Å². The maximum Gasteiger partial charge on any atom is 0.185 e. The predicted molar refractivity (Wildman–Crippen MR) is 88.6 cm³/mol. The molecule has 0 saturated heterocycles. The highest BCUT2D eigenvalue weighted by Crippen LogP contribution is 2.17. The highest BCUT2D eigenvalue weighted by molar-refractivity contribution is 6.06. The third-order valence-corrected chi connectivity index (χ3v) is 3.42. The van der Waals surface area contributed by atoms with Crippen molar-refractivity contribution >= 4 is 11.9 Å². The van der Waals surface area contributed by atoms with E-state index < -0.39 is 0 Å². The van der Waals surface area contributed by atoms with Gasteiger partial charge in [0.15, 0.2) is 5.78 Å². The van der Waals surface area contributed by atoms with Crippen molar-refractivity contribution in [2.24, 2.45) is 0 Å². The number of nitrogens with zero attached hydrogens (tertiary/aromatic N) is 1. The lowest BCUT2D eigenvalue weighted by Gasteiger charge is -1.96. The van der Waals surface area contributed by atoms with Crippen molar-refractivity contribution in [3.8, 4) is 11.3 Å². The second-order valence-corrected chi connectivity index (χ2v) is 5.14. The van der Waals surface area contributed by atoms with Gasteiger partial charge < -0.3 is 0 Å². The average Bonchev–Trinajstić information content (AvgIpc) is 3.03. The molecule has 1 heterocycles. The molecule has 3 rings (SSSR count). The third kappa shape index (κ3) is 3.20. The molecule has 0 unspecified atom stereocenters. The maximum absolute atomic E-state index is 12.1. The van der Waals surface area contributed by atoms with E-state index in [0.29, 0.717) is 5.56 Å². The van der Waals surface area contributed by atoms with Crippen molar-refractivity contribution in [1.82, 2.24) is 10.2 Å². The number of H-pyrrole nitrogens is 1. The van der Waals surface area contributed by atoms with Crippen LogP contribution in [-0.2, 0) is 0 Å². The molecule has 0 amide bonds. The number of aromatic amines is 1. The summed E-state index contributed by atoms with van der Waals surface area (Å²) in [6.45, 7) is 2.00. The Morgan fingerprint density at radius 2 is 1.77 bits per heavy atom. The summed E-state index contributed by atoms with van der Waals surface area (Å²) >= 11 is 0. The Morgan fingerprint density at radius 3 is 2.50 bits per heavy atom. The Balaban J connectivity index is 1.75. The number of carbonyl (C=O) groups excluding carboxylic acids is 1. The minimum Gasteiger partial charge on any atom is -0.289 e. The van der Waals surface area contributed by atoms with E-state index in [-0.39, 0.29) is 5.78 Å². The van der Waals surface area contributed by atoms with Crippen LogP contribution < -0.4 is 0 Å². The van der Waals surface area contributed by atoms with E-state index >= 15 is 0 Å². The molecular weight excluding hydrogens is 272 g/mol. The van der Waals surface area contributed by atoms with Gasteiger partial charge in [0.25, 0.3) is 0 Å². The first-order valence-electron chi connectivity index (χ1n) is 7.12. The van der Waals surface area contributed by atoms with E-state index in [2.05, 4.69) is 10.2 Å². The van der Waals surface area contributed by atoms with Crippen molar-refractivity contribution < 1.29 is 4.79 Å². The molecular formula is C19H16N2O. The summed E-state index contributed by atoms with van der Waals surface area (Å²) in [7, 11) is 0. The fourth-order valence-corrected chi connectivity index (χ4v) is 2.16. The summed E-state index contributed by atoms with van der Waals surface area (Å²) in [6, 6.07) is 19.4. The summed E-state index contributed by atoms with van der Waals surface area (Å²) in [5.74, 6) is -0.0177. The van der Waals surface area contributed by atoms with E-state index in [1.807, 2.05) is 67.6 Å². The van der Waals surface area contributed by atoms with Gasteiger partial charge in [0.05, 0.1) is 11.4 Å². The van der Waals surface area contributed by atoms with Crippen LogP contribution in [0.5, 0.6) is 0 Å². The van der Waals surface area contributed by atoms with Crippen LogP contribution in [0.3, 0.4) is 0 Å². The van der Waals surface area contributed by atoms with E-state index in [1.54, 1.807) is 12.2 Å². The number of rotatable bonds is 4. The molecule has 0 atom stereocenters. The molecule has 3 nitrogen and oxygen atoms in total. The van der Waals surface area contributed by atoms with E-state index in [0.717, 1.165) is 22.5 Å². The normalized spacial score (nSPS) is 11.0. The Bertz CT molecular complexity index is 799. The summed E-state index contributed by atoms with van der Waals surface area (Å²) in [4.78, 5) is 12.1. The second-order valence-electron chi connectivity index (χ2n) is 5.14. The molecule has 2 aromatic carbocycles. The van der Waals surface area contributed by atoms with Crippen LogP contribution in [0.4, 0.5) is 0 Å². The highest BCUT2D eigenvalue weighted by atomic mass is 16.1. The molecule has 1 N–H and O–H groups in total. The molecule has 22 heavy (non-hydrogen) atoms. The van der Waals surface area contributed by atoms with E-state index in [1.165, 1.54) is 0 Å². The van der Waals surface area contributed by atoms with Gasteiger partial charge in [-0.1, -0.05) is 60.2 Å². The number of ketones is 1. The second kappa shape index (κ2) is 6.22. The standard InChI is InChI=1S/C19H16N2O/c1-14-7-9-16(10-8-14)19(22)12-11-17-13-18(21-20-17)15-5-3-2-4-6-15/h2-13H,1H3,(H,20,21). The van der Waals surface area contributed by atoms with Crippen molar-refractivity contribution in [3.63, 3.8) is 0 Å². The Labute approximate surface area is 129 Å². The lowest BCUT2D eigenvalue weighted by Crippen LogP contribution is -1.93. The highest BCUT2D eigenvalue weighted by Gasteiger charge is 2.03. The first-order chi connectivity index (χ1) is 10.7.